The van der Waals surface area contributed by atoms with E-state index in [1.165, 1.54) is 24.3 Å². The topological polar surface area (TPSA) is 92.5 Å². The molecule has 0 aliphatic rings. The predicted octanol–water partition coefficient (Wildman–Crippen LogP) is 3.97. The van der Waals surface area contributed by atoms with Gasteiger partial charge < -0.3 is 10.4 Å². The van der Waals surface area contributed by atoms with Gasteiger partial charge >= 0.3 is 0 Å². The summed E-state index contributed by atoms with van der Waals surface area (Å²) in [6, 6.07) is 8.05. The number of nitrogens with zero attached hydrogens (tertiary/aromatic N) is 1. The fourth-order valence-corrected chi connectivity index (χ4v) is 2.52. The van der Waals surface area contributed by atoms with Crippen LogP contribution in [0.15, 0.2) is 40.9 Å². The maximum atomic E-state index is 12.1. The van der Waals surface area contributed by atoms with Gasteiger partial charge in [0.15, 0.2) is 0 Å². The van der Waals surface area contributed by atoms with Crippen molar-refractivity contribution in [3.63, 3.8) is 0 Å². The first-order valence-corrected chi connectivity index (χ1v) is 6.79. The fourth-order valence-electron chi connectivity index (χ4n) is 1.66. The third-order valence-electron chi connectivity index (χ3n) is 2.55. The highest BCUT2D eigenvalue weighted by Gasteiger charge is 2.18. The second-order valence-electron chi connectivity index (χ2n) is 4.07. The van der Waals surface area contributed by atoms with Crippen LogP contribution in [-0.2, 0) is 0 Å². The van der Waals surface area contributed by atoms with Crippen LogP contribution >= 0.6 is 27.5 Å². The molecule has 0 fully saturated rings. The Morgan fingerprint density at radius 3 is 2.62 bits per heavy atom. The summed E-state index contributed by atoms with van der Waals surface area (Å²) in [5.74, 6) is -0.808. The molecule has 0 saturated heterocycles. The highest BCUT2D eigenvalue weighted by Crippen LogP contribution is 2.29. The van der Waals surface area contributed by atoms with Gasteiger partial charge in [0, 0.05) is 15.1 Å². The Hall–Kier alpha value is -2.12. The zero-order valence-electron chi connectivity index (χ0n) is 10.3. The van der Waals surface area contributed by atoms with Crippen LogP contribution in [0.4, 0.5) is 11.4 Å². The van der Waals surface area contributed by atoms with Gasteiger partial charge in [0.25, 0.3) is 11.6 Å². The van der Waals surface area contributed by atoms with E-state index in [9.17, 15) is 20.0 Å². The summed E-state index contributed by atoms with van der Waals surface area (Å²) in [5, 5.41) is 23.0. The Morgan fingerprint density at radius 1 is 1.29 bits per heavy atom. The molecule has 0 radical (unpaired) electrons. The van der Waals surface area contributed by atoms with Gasteiger partial charge in [0.1, 0.15) is 11.4 Å². The summed E-state index contributed by atoms with van der Waals surface area (Å²) in [4.78, 5) is 22.3. The number of benzene rings is 2. The minimum atomic E-state index is -0.691. The summed E-state index contributed by atoms with van der Waals surface area (Å²) >= 11 is 9.06. The number of aromatic hydroxyl groups is 1. The SMILES string of the molecule is O=C(Nc1ccc(O)cc1[N+](=O)[O-])c1cc(Cl)cc(Br)c1. The standard InChI is InChI=1S/C13H8BrClN2O4/c14-8-3-7(4-9(15)5-8)13(19)16-11-2-1-10(18)6-12(11)17(20)21/h1-6,18H,(H,16,19). The predicted molar refractivity (Wildman–Crippen MR) is 81.9 cm³/mol. The van der Waals surface area contributed by atoms with Crippen molar-refractivity contribution < 1.29 is 14.8 Å². The summed E-state index contributed by atoms with van der Waals surface area (Å²) in [7, 11) is 0. The van der Waals surface area contributed by atoms with Crippen LogP contribution in [0.2, 0.25) is 5.02 Å². The Labute approximate surface area is 132 Å². The van der Waals surface area contributed by atoms with Gasteiger partial charge in [-0.25, -0.2) is 0 Å². The zero-order chi connectivity index (χ0) is 15.6. The number of nitro benzene ring substituents is 1. The van der Waals surface area contributed by atoms with Crippen LogP contribution in [-0.4, -0.2) is 15.9 Å². The Morgan fingerprint density at radius 2 is 2.00 bits per heavy atom. The first-order valence-electron chi connectivity index (χ1n) is 5.61. The van der Waals surface area contributed by atoms with Gasteiger partial charge in [-0.05, 0) is 30.3 Å². The smallest absolute Gasteiger partial charge is 0.296 e. The summed E-state index contributed by atoms with van der Waals surface area (Å²) in [6.45, 7) is 0. The molecular weight excluding hydrogens is 364 g/mol. The average molecular weight is 372 g/mol. The second kappa shape index (κ2) is 6.11. The minimum absolute atomic E-state index is 0.0149. The fraction of sp³-hybridized carbons (Fsp3) is 0. The number of hydrogen-bond donors (Lipinski definition) is 2. The van der Waals surface area contributed by atoms with E-state index in [1.54, 1.807) is 6.07 Å². The van der Waals surface area contributed by atoms with E-state index in [4.69, 9.17) is 11.6 Å². The molecule has 2 rings (SSSR count). The Balaban J connectivity index is 2.33. The lowest BCUT2D eigenvalue weighted by molar-refractivity contribution is -0.384. The molecule has 0 aliphatic heterocycles. The van der Waals surface area contributed by atoms with E-state index in [2.05, 4.69) is 21.2 Å². The van der Waals surface area contributed by atoms with Gasteiger partial charge in [-0.2, -0.15) is 0 Å². The van der Waals surface area contributed by atoms with E-state index in [0.29, 0.717) is 9.50 Å². The Kier molecular flexibility index (Phi) is 4.44. The van der Waals surface area contributed by atoms with Crippen molar-refractivity contribution in [1.29, 1.82) is 0 Å². The number of phenolic OH excluding ortho intramolecular Hbond substituents is 1. The number of anilines is 1. The van der Waals surface area contributed by atoms with Crippen LogP contribution < -0.4 is 5.32 Å². The number of nitrogens with one attached hydrogen (secondary N) is 1. The number of carbonyl (C=O) groups is 1. The van der Waals surface area contributed by atoms with E-state index >= 15 is 0 Å². The molecule has 0 heterocycles. The molecule has 0 unspecified atom stereocenters. The summed E-state index contributed by atoms with van der Waals surface area (Å²) < 4.78 is 0.611. The molecule has 2 N–H and O–H groups in total. The van der Waals surface area contributed by atoms with Crippen LogP contribution in [0, 0.1) is 10.1 Å². The third-order valence-corrected chi connectivity index (χ3v) is 3.23. The van der Waals surface area contributed by atoms with Crippen molar-refractivity contribution in [1.82, 2.24) is 0 Å². The quantitative estimate of drug-likeness (QED) is 0.485. The van der Waals surface area contributed by atoms with Gasteiger partial charge in [0.2, 0.25) is 0 Å². The molecule has 6 nitrogen and oxygen atoms in total. The van der Waals surface area contributed by atoms with Gasteiger partial charge in [-0.3, -0.25) is 14.9 Å². The minimum Gasteiger partial charge on any atom is -0.508 e. The molecule has 1 amide bonds. The molecule has 21 heavy (non-hydrogen) atoms. The van der Waals surface area contributed by atoms with Crippen molar-refractivity contribution >= 4 is 44.8 Å². The third kappa shape index (κ3) is 3.71. The molecule has 108 valence electrons. The largest absolute Gasteiger partial charge is 0.508 e. The van der Waals surface area contributed by atoms with Crippen LogP contribution in [0.5, 0.6) is 5.75 Å². The van der Waals surface area contributed by atoms with Crippen molar-refractivity contribution in [2.45, 2.75) is 0 Å². The van der Waals surface area contributed by atoms with E-state index in [-0.39, 0.29) is 17.0 Å². The van der Waals surface area contributed by atoms with Crippen molar-refractivity contribution in [2.75, 3.05) is 5.32 Å². The van der Waals surface area contributed by atoms with E-state index < -0.39 is 16.5 Å². The molecule has 2 aromatic rings. The van der Waals surface area contributed by atoms with Crippen LogP contribution in [0.3, 0.4) is 0 Å². The number of nitro groups is 1. The maximum absolute atomic E-state index is 12.1. The molecule has 0 atom stereocenters. The average Bonchev–Trinajstić information content (AvgIpc) is 2.39. The molecule has 0 saturated carbocycles. The normalized spacial score (nSPS) is 10.2. The van der Waals surface area contributed by atoms with E-state index in [1.807, 2.05) is 0 Å². The Bertz CT molecular complexity index is 716. The summed E-state index contributed by atoms with van der Waals surface area (Å²) in [5.41, 5.74) is -0.167. The number of phenols is 1. The lowest BCUT2D eigenvalue weighted by Crippen LogP contribution is -2.13. The number of halogens is 2. The lowest BCUT2D eigenvalue weighted by atomic mass is 10.2. The lowest BCUT2D eigenvalue weighted by Gasteiger charge is -2.07. The molecular formula is C13H8BrClN2O4. The maximum Gasteiger partial charge on any atom is 0.296 e. The highest BCUT2D eigenvalue weighted by molar-refractivity contribution is 9.10. The van der Waals surface area contributed by atoms with Crippen molar-refractivity contribution in [2.24, 2.45) is 0 Å². The van der Waals surface area contributed by atoms with Gasteiger partial charge in [-0.1, -0.05) is 27.5 Å². The highest BCUT2D eigenvalue weighted by atomic mass is 79.9. The number of hydrogen-bond acceptors (Lipinski definition) is 4. The van der Waals surface area contributed by atoms with E-state index in [0.717, 1.165) is 6.07 Å². The van der Waals surface area contributed by atoms with Gasteiger partial charge in [0.05, 0.1) is 11.0 Å². The van der Waals surface area contributed by atoms with Crippen LogP contribution in [0.1, 0.15) is 10.4 Å². The molecule has 0 aromatic heterocycles. The molecule has 0 bridgehead atoms. The monoisotopic (exact) mass is 370 g/mol. The first-order chi connectivity index (χ1) is 9.86. The molecule has 0 spiro atoms. The van der Waals surface area contributed by atoms with Crippen LogP contribution in [0.25, 0.3) is 0 Å². The van der Waals surface area contributed by atoms with Crippen molar-refractivity contribution in [3.8, 4) is 5.75 Å². The number of amides is 1. The summed E-state index contributed by atoms with van der Waals surface area (Å²) in [6.07, 6.45) is 0. The second-order valence-corrected chi connectivity index (χ2v) is 5.42. The zero-order valence-corrected chi connectivity index (χ0v) is 12.7. The first kappa shape index (κ1) is 15.3. The molecule has 0 aliphatic carbocycles. The molecule has 8 heteroatoms. The van der Waals surface area contributed by atoms with Crippen molar-refractivity contribution in [3.05, 3.63) is 61.6 Å². The number of carbonyl (C=O) groups excluding carboxylic acids is 1. The number of rotatable bonds is 3. The molecule has 2 aromatic carbocycles. The van der Waals surface area contributed by atoms with Gasteiger partial charge in [-0.15, -0.1) is 0 Å².